The molecule has 0 saturated carbocycles. The van der Waals surface area contributed by atoms with E-state index in [1.54, 1.807) is 7.11 Å². The third-order valence-electron chi connectivity index (χ3n) is 2.53. The number of methoxy groups -OCH3 is 1. The predicted octanol–water partition coefficient (Wildman–Crippen LogP) is 1.55. The summed E-state index contributed by atoms with van der Waals surface area (Å²) >= 11 is 0. The van der Waals surface area contributed by atoms with Gasteiger partial charge in [-0.05, 0) is 19.2 Å². The highest BCUT2D eigenvalue weighted by atomic mass is 16.5. The van der Waals surface area contributed by atoms with E-state index in [0.717, 1.165) is 31.9 Å². The van der Waals surface area contributed by atoms with E-state index in [4.69, 9.17) is 10.00 Å². The second kappa shape index (κ2) is 7.66. The molecule has 4 heteroatoms. The van der Waals surface area contributed by atoms with Gasteiger partial charge in [-0.25, -0.2) is 0 Å². The van der Waals surface area contributed by atoms with E-state index in [0.29, 0.717) is 5.56 Å². The molecular weight excluding hydrogens is 214 g/mol. The highest BCUT2D eigenvalue weighted by Gasteiger charge is 2.01. The van der Waals surface area contributed by atoms with Crippen LogP contribution in [0.25, 0.3) is 0 Å². The number of rotatable bonds is 7. The highest BCUT2D eigenvalue weighted by Crippen LogP contribution is 2.12. The maximum Gasteiger partial charge on any atom is 0.101 e. The van der Waals surface area contributed by atoms with E-state index in [1.807, 2.05) is 24.3 Å². The number of likely N-dealkylation sites (N-methyl/N-ethyl adjacent to an activating group) is 1. The topological polar surface area (TPSA) is 48.3 Å². The molecule has 4 nitrogen and oxygen atoms in total. The van der Waals surface area contributed by atoms with Crippen LogP contribution in [0.1, 0.15) is 5.56 Å². The first-order valence-corrected chi connectivity index (χ1v) is 5.68. The van der Waals surface area contributed by atoms with Crippen molar-refractivity contribution < 1.29 is 4.74 Å². The zero-order valence-corrected chi connectivity index (χ0v) is 10.4. The van der Waals surface area contributed by atoms with Crippen molar-refractivity contribution in [1.82, 2.24) is 4.90 Å². The maximum absolute atomic E-state index is 8.93. The van der Waals surface area contributed by atoms with E-state index in [9.17, 15) is 0 Å². The fraction of sp³-hybridized carbons (Fsp3) is 0.462. The summed E-state index contributed by atoms with van der Waals surface area (Å²) in [5.74, 6) is 0. The van der Waals surface area contributed by atoms with Crippen LogP contribution in [-0.2, 0) is 4.74 Å². The number of ether oxygens (including phenoxy) is 1. The van der Waals surface area contributed by atoms with Gasteiger partial charge in [0, 0.05) is 26.7 Å². The third kappa shape index (κ3) is 4.85. The Bertz CT molecular complexity index is 373. The lowest BCUT2D eigenvalue weighted by Crippen LogP contribution is -2.28. The van der Waals surface area contributed by atoms with Gasteiger partial charge >= 0.3 is 0 Å². The molecule has 0 heterocycles. The quantitative estimate of drug-likeness (QED) is 0.776. The summed E-state index contributed by atoms with van der Waals surface area (Å²) in [6, 6.07) is 9.71. The minimum atomic E-state index is 0.687. The molecule has 1 N–H and O–H groups in total. The number of hydrogen-bond donors (Lipinski definition) is 1. The predicted molar refractivity (Wildman–Crippen MR) is 69.0 cm³/mol. The number of nitrogens with one attached hydrogen (secondary N) is 1. The van der Waals surface area contributed by atoms with Crippen molar-refractivity contribution in [2.24, 2.45) is 0 Å². The zero-order chi connectivity index (χ0) is 12.5. The molecule has 0 spiro atoms. The maximum atomic E-state index is 8.93. The Labute approximate surface area is 103 Å². The van der Waals surface area contributed by atoms with Gasteiger partial charge in [-0.3, -0.25) is 0 Å². The number of nitriles is 1. The van der Waals surface area contributed by atoms with Crippen LogP contribution in [0.4, 0.5) is 5.69 Å². The molecule has 0 unspecified atom stereocenters. The van der Waals surface area contributed by atoms with Crippen LogP contribution in [0.5, 0.6) is 0 Å². The summed E-state index contributed by atoms with van der Waals surface area (Å²) in [5.41, 5.74) is 1.59. The Hall–Kier alpha value is -1.57. The molecule has 0 bridgehead atoms. The molecule has 0 aliphatic heterocycles. The molecular formula is C13H19N3O. The fourth-order valence-electron chi connectivity index (χ4n) is 1.48. The Morgan fingerprint density at radius 3 is 2.82 bits per heavy atom. The largest absolute Gasteiger partial charge is 0.383 e. The summed E-state index contributed by atoms with van der Waals surface area (Å²) in [6.45, 7) is 3.39. The monoisotopic (exact) mass is 233 g/mol. The van der Waals surface area contributed by atoms with Crippen LogP contribution in [0.2, 0.25) is 0 Å². The molecule has 1 rings (SSSR count). The van der Waals surface area contributed by atoms with Crippen LogP contribution in [0.3, 0.4) is 0 Å². The SMILES string of the molecule is COCCN(C)CCNc1ccccc1C#N. The number of hydrogen-bond acceptors (Lipinski definition) is 4. The molecule has 0 fully saturated rings. The van der Waals surface area contributed by atoms with E-state index in [-0.39, 0.29) is 0 Å². The summed E-state index contributed by atoms with van der Waals surface area (Å²) < 4.78 is 5.01. The van der Waals surface area contributed by atoms with Gasteiger partial charge in [-0.1, -0.05) is 12.1 Å². The van der Waals surface area contributed by atoms with E-state index in [2.05, 4.69) is 23.3 Å². The minimum Gasteiger partial charge on any atom is -0.383 e. The normalized spacial score (nSPS) is 10.2. The summed E-state index contributed by atoms with van der Waals surface area (Å²) in [4.78, 5) is 2.19. The van der Waals surface area contributed by atoms with Gasteiger partial charge in [0.25, 0.3) is 0 Å². The van der Waals surface area contributed by atoms with Crippen molar-refractivity contribution in [1.29, 1.82) is 5.26 Å². The molecule has 0 amide bonds. The lowest BCUT2D eigenvalue weighted by atomic mass is 10.2. The molecule has 0 aromatic heterocycles. The van der Waals surface area contributed by atoms with E-state index < -0.39 is 0 Å². The van der Waals surface area contributed by atoms with Crippen molar-refractivity contribution in [2.75, 3.05) is 45.7 Å². The number of benzene rings is 1. The van der Waals surface area contributed by atoms with Crippen molar-refractivity contribution in [2.45, 2.75) is 0 Å². The summed E-state index contributed by atoms with van der Waals surface area (Å²) in [7, 11) is 3.76. The van der Waals surface area contributed by atoms with Crippen LogP contribution in [0.15, 0.2) is 24.3 Å². The second-order valence-corrected chi connectivity index (χ2v) is 3.88. The molecule has 0 atom stereocenters. The van der Waals surface area contributed by atoms with Crippen LogP contribution in [-0.4, -0.2) is 45.3 Å². The van der Waals surface area contributed by atoms with Crippen LogP contribution < -0.4 is 5.32 Å². The van der Waals surface area contributed by atoms with Gasteiger partial charge in [0.05, 0.1) is 17.9 Å². The van der Waals surface area contributed by atoms with Crippen molar-refractivity contribution in [3.05, 3.63) is 29.8 Å². The Morgan fingerprint density at radius 1 is 1.35 bits per heavy atom. The zero-order valence-electron chi connectivity index (χ0n) is 10.4. The first kappa shape index (κ1) is 13.5. The van der Waals surface area contributed by atoms with Crippen LogP contribution >= 0.6 is 0 Å². The van der Waals surface area contributed by atoms with Gasteiger partial charge < -0.3 is 15.0 Å². The van der Waals surface area contributed by atoms with E-state index >= 15 is 0 Å². The Kier molecular flexibility index (Phi) is 6.08. The average molecular weight is 233 g/mol. The average Bonchev–Trinajstić information content (AvgIpc) is 2.37. The summed E-state index contributed by atoms with van der Waals surface area (Å²) in [5, 5.41) is 12.2. The molecule has 0 aliphatic carbocycles. The van der Waals surface area contributed by atoms with Crippen molar-refractivity contribution >= 4 is 5.69 Å². The fourth-order valence-corrected chi connectivity index (χ4v) is 1.48. The first-order chi connectivity index (χ1) is 8.27. The van der Waals surface area contributed by atoms with Gasteiger partial charge in [-0.15, -0.1) is 0 Å². The summed E-state index contributed by atoms with van der Waals surface area (Å²) in [6.07, 6.45) is 0. The number of nitrogens with zero attached hydrogens (tertiary/aromatic N) is 2. The third-order valence-corrected chi connectivity index (χ3v) is 2.53. The molecule has 1 aromatic rings. The van der Waals surface area contributed by atoms with Crippen LogP contribution in [0, 0.1) is 11.3 Å². The molecule has 0 aliphatic rings. The Morgan fingerprint density at radius 2 is 2.12 bits per heavy atom. The van der Waals surface area contributed by atoms with E-state index in [1.165, 1.54) is 0 Å². The van der Waals surface area contributed by atoms with Gasteiger partial charge in [0.2, 0.25) is 0 Å². The number of anilines is 1. The molecule has 92 valence electrons. The molecule has 17 heavy (non-hydrogen) atoms. The molecule has 1 aromatic carbocycles. The Balaban J connectivity index is 2.33. The van der Waals surface area contributed by atoms with Crippen molar-refractivity contribution in [3.63, 3.8) is 0 Å². The van der Waals surface area contributed by atoms with Gasteiger partial charge in [0.1, 0.15) is 6.07 Å². The van der Waals surface area contributed by atoms with Gasteiger partial charge in [0.15, 0.2) is 0 Å². The van der Waals surface area contributed by atoms with Crippen molar-refractivity contribution in [3.8, 4) is 6.07 Å². The first-order valence-electron chi connectivity index (χ1n) is 5.68. The molecule has 0 saturated heterocycles. The standard InChI is InChI=1S/C13H19N3O/c1-16(9-10-17-2)8-7-15-13-6-4-3-5-12(13)11-14/h3-6,15H,7-10H2,1-2H3. The minimum absolute atomic E-state index is 0.687. The number of para-hydroxylation sites is 1. The van der Waals surface area contributed by atoms with Gasteiger partial charge in [-0.2, -0.15) is 5.26 Å². The lowest BCUT2D eigenvalue weighted by molar-refractivity contribution is 0.163. The smallest absolute Gasteiger partial charge is 0.101 e. The molecule has 0 radical (unpaired) electrons. The lowest BCUT2D eigenvalue weighted by Gasteiger charge is -2.16. The second-order valence-electron chi connectivity index (χ2n) is 3.88. The highest BCUT2D eigenvalue weighted by molar-refractivity contribution is 5.57.